The molecule has 126 valence electrons. The fraction of sp³-hybridized carbons (Fsp3) is 0.0500. The molecular weight excluding hydrogens is 314 g/mol. The minimum absolute atomic E-state index is 0. The lowest BCUT2D eigenvalue weighted by atomic mass is 10.1. The van der Waals surface area contributed by atoms with Crippen LogP contribution in [0.3, 0.4) is 0 Å². The number of benzene rings is 2. The van der Waals surface area contributed by atoms with Gasteiger partial charge in [0.2, 0.25) is 11.7 Å². The third kappa shape index (κ3) is 4.75. The Labute approximate surface area is 146 Å². The number of nitrogens with one attached hydrogen (secondary N) is 2. The van der Waals surface area contributed by atoms with Crippen LogP contribution in [0.25, 0.3) is 6.08 Å². The van der Waals surface area contributed by atoms with E-state index in [0.29, 0.717) is 12.2 Å². The number of rotatable bonds is 6. The zero-order valence-electron chi connectivity index (χ0n) is 13.5. The quantitative estimate of drug-likeness (QED) is 0.533. The van der Waals surface area contributed by atoms with Gasteiger partial charge >= 0.3 is 0 Å². The SMILES string of the molecule is O=C(Cc1ccc(/C=C/C(=O)c2ncc[nH]2)cc1)Nc1ccccc1.[HH]. The Balaban J connectivity index is 0.00000243. The molecule has 0 bridgehead atoms. The van der Waals surface area contributed by atoms with Crippen LogP contribution in [0, 0.1) is 0 Å². The first-order chi connectivity index (χ1) is 12.2. The number of nitrogens with zero attached hydrogens (tertiary/aromatic N) is 1. The van der Waals surface area contributed by atoms with E-state index in [1.54, 1.807) is 12.3 Å². The first-order valence-electron chi connectivity index (χ1n) is 7.86. The number of carbonyl (C=O) groups excluding carboxylic acids is 2. The fourth-order valence-electron chi connectivity index (χ4n) is 2.31. The van der Waals surface area contributed by atoms with Gasteiger partial charge in [0.15, 0.2) is 5.82 Å². The summed E-state index contributed by atoms with van der Waals surface area (Å²) in [5.41, 5.74) is 2.57. The molecule has 0 atom stereocenters. The van der Waals surface area contributed by atoms with E-state index in [0.717, 1.165) is 16.8 Å². The molecule has 0 aliphatic carbocycles. The predicted octanol–water partition coefficient (Wildman–Crippen LogP) is 3.73. The average Bonchev–Trinajstić information content (AvgIpc) is 3.16. The Morgan fingerprint density at radius 3 is 2.52 bits per heavy atom. The number of ketones is 1. The number of anilines is 1. The van der Waals surface area contributed by atoms with Gasteiger partial charge in [0, 0.05) is 19.5 Å². The van der Waals surface area contributed by atoms with Crippen molar-refractivity contribution in [2.24, 2.45) is 0 Å². The smallest absolute Gasteiger partial charge is 0.228 e. The number of aromatic nitrogens is 2. The molecule has 5 nitrogen and oxygen atoms in total. The summed E-state index contributed by atoms with van der Waals surface area (Å²) in [6.07, 6.45) is 6.63. The third-order valence-electron chi connectivity index (χ3n) is 3.56. The molecule has 25 heavy (non-hydrogen) atoms. The lowest BCUT2D eigenvalue weighted by molar-refractivity contribution is -0.115. The van der Waals surface area contributed by atoms with Gasteiger partial charge in [-0.1, -0.05) is 48.5 Å². The Bertz CT molecular complexity index is 873. The van der Waals surface area contributed by atoms with Gasteiger partial charge < -0.3 is 10.3 Å². The number of H-pyrrole nitrogens is 1. The maximum absolute atomic E-state index is 12.0. The summed E-state index contributed by atoms with van der Waals surface area (Å²) in [5.74, 6) is 0.0595. The summed E-state index contributed by atoms with van der Waals surface area (Å²) >= 11 is 0. The number of hydrogen-bond donors (Lipinski definition) is 2. The van der Waals surface area contributed by atoms with Crippen molar-refractivity contribution in [3.8, 4) is 0 Å². The summed E-state index contributed by atoms with van der Waals surface area (Å²) in [6, 6.07) is 16.8. The Kier molecular flexibility index (Phi) is 5.16. The van der Waals surface area contributed by atoms with E-state index >= 15 is 0 Å². The van der Waals surface area contributed by atoms with Crippen LogP contribution in [0.4, 0.5) is 5.69 Å². The van der Waals surface area contributed by atoms with Crippen molar-refractivity contribution in [3.05, 3.63) is 90.0 Å². The van der Waals surface area contributed by atoms with Crippen molar-refractivity contribution in [2.75, 3.05) is 5.32 Å². The van der Waals surface area contributed by atoms with E-state index in [1.807, 2.05) is 54.6 Å². The van der Waals surface area contributed by atoms with Crippen LogP contribution < -0.4 is 5.32 Å². The molecule has 2 aromatic carbocycles. The summed E-state index contributed by atoms with van der Waals surface area (Å²) in [5, 5.41) is 2.85. The molecule has 0 saturated carbocycles. The molecule has 1 amide bonds. The van der Waals surface area contributed by atoms with Crippen LogP contribution in [-0.4, -0.2) is 21.7 Å². The molecule has 3 rings (SSSR count). The molecule has 2 N–H and O–H groups in total. The first-order valence-corrected chi connectivity index (χ1v) is 7.86. The monoisotopic (exact) mass is 333 g/mol. The number of imidazole rings is 1. The van der Waals surface area contributed by atoms with Gasteiger partial charge in [0.1, 0.15) is 0 Å². The maximum atomic E-state index is 12.0. The lowest BCUT2D eigenvalue weighted by Crippen LogP contribution is -2.14. The molecule has 0 aliphatic heterocycles. The molecule has 0 unspecified atom stereocenters. The second kappa shape index (κ2) is 7.88. The van der Waals surface area contributed by atoms with Crippen LogP contribution in [-0.2, 0) is 11.2 Å². The highest BCUT2D eigenvalue weighted by Gasteiger charge is 2.05. The molecule has 0 aliphatic rings. The minimum Gasteiger partial charge on any atom is -0.342 e. The molecule has 3 aromatic rings. The summed E-state index contributed by atoms with van der Waals surface area (Å²) < 4.78 is 0. The van der Waals surface area contributed by atoms with E-state index < -0.39 is 0 Å². The van der Waals surface area contributed by atoms with Crippen molar-refractivity contribution in [1.29, 1.82) is 0 Å². The molecule has 0 radical (unpaired) electrons. The second-order valence-corrected chi connectivity index (χ2v) is 5.47. The van der Waals surface area contributed by atoms with Crippen LogP contribution in [0.1, 0.15) is 23.2 Å². The van der Waals surface area contributed by atoms with Crippen molar-refractivity contribution >= 4 is 23.5 Å². The predicted molar refractivity (Wildman–Crippen MR) is 99.3 cm³/mol. The minimum atomic E-state index is -0.184. The zero-order valence-corrected chi connectivity index (χ0v) is 13.5. The molecule has 5 heteroatoms. The van der Waals surface area contributed by atoms with Crippen LogP contribution in [0.5, 0.6) is 0 Å². The first kappa shape index (κ1) is 16.4. The van der Waals surface area contributed by atoms with Gasteiger partial charge in [-0.05, 0) is 29.3 Å². The summed E-state index contributed by atoms with van der Waals surface area (Å²) in [6.45, 7) is 0. The number of allylic oxidation sites excluding steroid dienone is 1. The van der Waals surface area contributed by atoms with Crippen LogP contribution >= 0.6 is 0 Å². The van der Waals surface area contributed by atoms with Crippen molar-refractivity contribution in [1.82, 2.24) is 9.97 Å². The van der Waals surface area contributed by atoms with E-state index in [4.69, 9.17) is 0 Å². The van der Waals surface area contributed by atoms with Gasteiger partial charge in [0.05, 0.1) is 6.42 Å². The van der Waals surface area contributed by atoms with Crippen LogP contribution in [0.2, 0.25) is 0 Å². The largest absolute Gasteiger partial charge is 0.342 e. The molecular formula is C20H19N3O2. The number of hydrogen-bond acceptors (Lipinski definition) is 3. The molecule has 0 saturated heterocycles. The third-order valence-corrected chi connectivity index (χ3v) is 3.56. The van der Waals surface area contributed by atoms with Crippen molar-refractivity contribution in [3.63, 3.8) is 0 Å². The number of carbonyl (C=O) groups is 2. The van der Waals surface area contributed by atoms with E-state index in [2.05, 4.69) is 15.3 Å². The Hall–Kier alpha value is -3.47. The average molecular weight is 333 g/mol. The maximum Gasteiger partial charge on any atom is 0.228 e. The van der Waals surface area contributed by atoms with Crippen molar-refractivity contribution in [2.45, 2.75) is 6.42 Å². The Morgan fingerprint density at radius 2 is 1.84 bits per heavy atom. The highest BCUT2D eigenvalue weighted by Crippen LogP contribution is 2.10. The Morgan fingerprint density at radius 1 is 1.08 bits per heavy atom. The highest BCUT2D eigenvalue weighted by molar-refractivity contribution is 6.04. The molecule has 0 fully saturated rings. The highest BCUT2D eigenvalue weighted by atomic mass is 16.1. The molecule has 0 spiro atoms. The molecule has 1 heterocycles. The standard InChI is InChI=1S/C20H17N3O2.H2/c24-18(20-21-12-13-22-20)11-10-15-6-8-16(9-7-15)14-19(25)23-17-4-2-1-3-5-17;/h1-13H,14H2,(H,21,22)(H,23,25);1H/b11-10+;. The van der Waals surface area contributed by atoms with E-state index in [-0.39, 0.29) is 13.1 Å². The summed E-state index contributed by atoms with van der Waals surface area (Å²) in [7, 11) is 0. The normalized spacial score (nSPS) is 10.7. The lowest BCUT2D eigenvalue weighted by Gasteiger charge is -2.05. The van der Waals surface area contributed by atoms with Gasteiger partial charge in [-0.2, -0.15) is 0 Å². The van der Waals surface area contributed by atoms with Gasteiger partial charge in [-0.3, -0.25) is 9.59 Å². The summed E-state index contributed by atoms with van der Waals surface area (Å²) in [4.78, 5) is 30.5. The fourth-order valence-corrected chi connectivity index (χ4v) is 2.31. The van der Waals surface area contributed by atoms with Gasteiger partial charge in [-0.15, -0.1) is 0 Å². The number of para-hydroxylation sites is 1. The number of amides is 1. The zero-order chi connectivity index (χ0) is 17.5. The van der Waals surface area contributed by atoms with E-state index in [9.17, 15) is 9.59 Å². The molecule has 1 aromatic heterocycles. The van der Waals surface area contributed by atoms with Crippen LogP contribution in [0.15, 0.2) is 73.1 Å². The van der Waals surface area contributed by atoms with Gasteiger partial charge in [0.25, 0.3) is 0 Å². The van der Waals surface area contributed by atoms with Crippen molar-refractivity contribution < 1.29 is 11.0 Å². The van der Waals surface area contributed by atoms with Gasteiger partial charge in [-0.25, -0.2) is 4.98 Å². The van der Waals surface area contributed by atoms with E-state index in [1.165, 1.54) is 12.3 Å². The topological polar surface area (TPSA) is 74.8 Å². The number of aromatic amines is 1. The second-order valence-electron chi connectivity index (χ2n) is 5.47.